The molecule has 1 saturated carbocycles. The Morgan fingerprint density at radius 3 is 2.83 bits per heavy atom. The van der Waals surface area contributed by atoms with Crippen molar-refractivity contribution in [1.29, 1.82) is 0 Å². The van der Waals surface area contributed by atoms with Crippen LogP contribution >= 0.6 is 0 Å². The second-order valence-electron chi connectivity index (χ2n) is 6.57. The zero-order valence-corrected chi connectivity index (χ0v) is 17.2. The lowest BCUT2D eigenvalue weighted by molar-refractivity contribution is -0.123. The summed E-state index contributed by atoms with van der Waals surface area (Å²) in [7, 11) is 1.68. The third-order valence-electron chi connectivity index (χ3n) is 4.36. The first kappa shape index (κ1) is 22.8. The topological polar surface area (TPSA) is 89.4 Å². The summed E-state index contributed by atoms with van der Waals surface area (Å²) in [6.45, 7) is 7.34. The Kier molecular flexibility index (Phi) is 9.24. The molecule has 1 amide bonds. The summed E-state index contributed by atoms with van der Waals surface area (Å²) in [5.41, 5.74) is 2.15. The number of hydrogen-bond donors (Lipinski definition) is 1. The summed E-state index contributed by atoms with van der Waals surface area (Å²) < 4.78 is 11.5. The summed E-state index contributed by atoms with van der Waals surface area (Å²) in [5, 5.41) is 2.56. The summed E-state index contributed by atoms with van der Waals surface area (Å²) >= 11 is 0. The number of nitrogens with one attached hydrogen (secondary N) is 1. The molecule has 30 heavy (non-hydrogen) atoms. The molecule has 2 aliphatic rings. The second-order valence-corrected chi connectivity index (χ2v) is 6.57. The average Bonchev–Trinajstić information content (AvgIpc) is 3.59. The van der Waals surface area contributed by atoms with E-state index in [2.05, 4.69) is 34.7 Å². The van der Waals surface area contributed by atoms with Crippen LogP contribution in [0.1, 0.15) is 25.7 Å². The molecule has 0 atom stereocenters. The van der Waals surface area contributed by atoms with E-state index in [1.165, 1.54) is 11.8 Å². The molecule has 158 valence electrons. The first-order valence-electron chi connectivity index (χ1n) is 9.68. The Morgan fingerprint density at radius 2 is 2.20 bits per heavy atom. The molecule has 0 spiro atoms. The number of carbonyl (C=O) groups is 2. The molecule has 0 aromatic heterocycles. The van der Waals surface area contributed by atoms with Gasteiger partial charge < -0.3 is 19.6 Å². The Balaban J connectivity index is 2.21. The Labute approximate surface area is 177 Å². The lowest BCUT2D eigenvalue weighted by Crippen LogP contribution is -2.25. The van der Waals surface area contributed by atoms with E-state index in [1.54, 1.807) is 31.5 Å². The molecule has 0 unspecified atom stereocenters. The van der Waals surface area contributed by atoms with Crippen molar-refractivity contribution >= 4 is 25.1 Å². The molecule has 1 N–H and O–H groups in total. The van der Waals surface area contributed by atoms with Crippen LogP contribution in [-0.2, 0) is 19.1 Å². The maximum absolute atomic E-state index is 11.3. The van der Waals surface area contributed by atoms with E-state index in [-0.39, 0.29) is 18.9 Å². The average molecular weight is 409 g/mol. The smallest absolute Gasteiger partial charge is 0.227 e. The number of nitrogens with zero attached hydrogens (tertiary/aromatic N) is 2. The largest absolute Gasteiger partial charge is 0.497 e. The van der Waals surface area contributed by atoms with Gasteiger partial charge in [-0.2, -0.15) is 0 Å². The third-order valence-corrected chi connectivity index (χ3v) is 4.36. The molecular weight excluding hydrogens is 382 g/mol. The fraction of sp³-hybridized carbons (Fsp3) is 0.304. The van der Waals surface area contributed by atoms with Crippen LogP contribution in [0.25, 0.3) is 0 Å². The minimum absolute atomic E-state index is 0.173. The van der Waals surface area contributed by atoms with Gasteiger partial charge >= 0.3 is 0 Å². The zero-order chi connectivity index (χ0) is 21.8. The van der Waals surface area contributed by atoms with Gasteiger partial charge in [0.1, 0.15) is 17.8 Å². The Morgan fingerprint density at radius 1 is 1.40 bits per heavy atom. The predicted octanol–water partition coefficient (Wildman–Crippen LogP) is 3.55. The van der Waals surface area contributed by atoms with Gasteiger partial charge in [-0.3, -0.25) is 9.79 Å². The van der Waals surface area contributed by atoms with Crippen molar-refractivity contribution in [3.8, 4) is 0 Å². The fourth-order valence-electron chi connectivity index (χ4n) is 2.81. The SMILES string of the molecule is C=C/C=C(\N=CCNC(=O)CC=O)OC(/C=C\N=C)=C1\C=C(C2CC2)C(OC)=CC1. The lowest BCUT2D eigenvalue weighted by atomic mass is 9.96. The highest BCUT2D eigenvalue weighted by molar-refractivity contribution is 5.89. The van der Waals surface area contributed by atoms with Gasteiger partial charge in [-0.05, 0) is 61.3 Å². The van der Waals surface area contributed by atoms with Gasteiger partial charge in [0, 0.05) is 18.5 Å². The number of ether oxygens (including phenoxy) is 2. The van der Waals surface area contributed by atoms with E-state index in [0.29, 0.717) is 30.3 Å². The van der Waals surface area contributed by atoms with Crippen LogP contribution in [0.4, 0.5) is 0 Å². The highest BCUT2D eigenvalue weighted by Crippen LogP contribution is 2.43. The van der Waals surface area contributed by atoms with Crippen molar-refractivity contribution in [2.24, 2.45) is 15.9 Å². The van der Waals surface area contributed by atoms with Crippen LogP contribution in [0.5, 0.6) is 0 Å². The molecule has 0 radical (unpaired) electrons. The fourth-order valence-corrected chi connectivity index (χ4v) is 2.81. The molecule has 0 aromatic rings. The van der Waals surface area contributed by atoms with E-state index < -0.39 is 0 Å². The molecule has 0 aliphatic heterocycles. The Hall–Kier alpha value is -3.48. The van der Waals surface area contributed by atoms with Crippen LogP contribution in [0, 0.1) is 5.92 Å². The van der Waals surface area contributed by atoms with Gasteiger partial charge in [0.15, 0.2) is 0 Å². The van der Waals surface area contributed by atoms with E-state index >= 15 is 0 Å². The van der Waals surface area contributed by atoms with Crippen LogP contribution in [-0.4, -0.2) is 38.8 Å². The number of allylic oxidation sites excluding steroid dienone is 7. The normalized spacial score (nSPS) is 18.5. The molecular formula is C23H27N3O4. The minimum Gasteiger partial charge on any atom is -0.497 e. The first-order valence-corrected chi connectivity index (χ1v) is 9.68. The monoisotopic (exact) mass is 409 g/mol. The standard InChI is InChI=1S/C23H27N3O4/c1-4-5-23(26-14-13-25-22(28)11-15-27)30-20(10-12-24-2)18-8-9-21(29-3)19(16-18)17-6-7-17/h4-5,9-10,12,14-17H,1-2,6-8,11,13H2,3H3,(H,25,28)/b12-10-,20-18-,23-5+,26-14?. The van der Waals surface area contributed by atoms with Crippen LogP contribution in [0.2, 0.25) is 0 Å². The molecule has 0 aromatic carbocycles. The van der Waals surface area contributed by atoms with Gasteiger partial charge in [0.05, 0.1) is 20.1 Å². The maximum atomic E-state index is 11.3. The predicted molar refractivity (Wildman–Crippen MR) is 118 cm³/mol. The third kappa shape index (κ3) is 7.16. The minimum atomic E-state index is -0.366. The number of rotatable bonds is 12. The molecule has 1 fully saturated rings. The Bertz CT molecular complexity index is 856. The van der Waals surface area contributed by atoms with Crippen molar-refractivity contribution in [3.63, 3.8) is 0 Å². The van der Waals surface area contributed by atoms with E-state index in [0.717, 1.165) is 24.2 Å². The number of hydrogen-bond acceptors (Lipinski definition) is 6. The van der Waals surface area contributed by atoms with Crippen molar-refractivity contribution in [2.75, 3.05) is 13.7 Å². The second kappa shape index (κ2) is 12.2. The highest BCUT2D eigenvalue weighted by Gasteiger charge is 2.30. The van der Waals surface area contributed by atoms with Crippen molar-refractivity contribution in [2.45, 2.75) is 25.7 Å². The molecule has 7 heteroatoms. The molecule has 0 bridgehead atoms. The number of aliphatic imine (C=N–C) groups is 2. The van der Waals surface area contributed by atoms with Crippen LogP contribution in [0.15, 0.2) is 81.7 Å². The van der Waals surface area contributed by atoms with Crippen molar-refractivity contribution < 1.29 is 19.1 Å². The number of methoxy groups -OCH3 is 1. The van der Waals surface area contributed by atoms with Gasteiger partial charge in [-0.25, -0.2) is 4.99 Å². The quantitative estimate of drug-likeness (QED) is 0.176. The molecule has 0 heterocycles. The maximum Gasteiger partial charge on any atom is 0.227 e. The summed E-state index contributed by atoms with van der Waals surface area (Å²) in [6.07, 6.45) is 15.4. The molecule has 0 saturated heterocycles. The van der Waals surface area contributed by atoms with E-state index in [9.17, 15) is 9.59 Å². The van der Waals surface area contributed by atoms with Gasteiger partial charge in [0.2, 0.25) is 11.8 Å². The highest BCUT2D eigenvalue weighted by atomic mass is 16.5. The summed E-state index contributed by atoms with van der Waals surface area (Å²) in [6, 6.07) is 0. The number of aldehydes is 1. The summed E-state index contributed by atoms with van der Waals surface area (Å²) in [4.78, 5) is 29.7. The number of amides is 1. The van der Waals surface area contributed by atoms with Crippen molar-refractivity contribution in [3.05, 3.63) is 71.7 Å². The zero-order valence-electron chi connectivity index (χ0n) is 17.2. The van der Waals surface area contributed by atoms with Crippen LogP contribution in [0.3, 0.4) is 0 Å². The molecule has 2 aliphatic carbocycles. The van der Waals surface area contributed by atoms with Gasteiger partial charge in [0.25, 0.3) is 0 Å². The van der Waals surface area contributed by atoms with E-state index in [1.807, 2.05) is 6.08 Å². The van der Waals surface area contributed by atoms with E-state index in [4.69, 9.17) is 9.47 Å². The van der Waals surface area contributed by atoms with Crippen LogP contribution < -0.4 is 5.32 Å². The first-order chi connectivity index (χ1) is 14.6. The van der Waals surface area contributed by atoms with Gasteiger partial charge in [-0.1, -0.05) is 12.7 Å². The van der Waals surface area contributed by atoms with Crippen molar-refractivity contribution in [1.82, 2.24) is 5.32 Å². The molecule has 7 nitrogen and oxygen atoms in total. The summed E-state index contributed by atoms with van der Waals surface area (Å²) in [5.74, 6) is 1.95. The van der Waals surface area contributed by atoms with Gasteiger partial charge in [-0.15, -0.1) is 0 Å². The lowest BCUT2D eigenvalue weighted by Gasteiger charge is -2.18. The number of carbonyl (C=O) groups excluding carboxylic acids is 2. The molecule has 2 rings (SSSR count).